The number of nitriles is 1. The Kier molecular flexibility index (Phi) is 4.90. The van der Waals surface area contributed by atoms with Crippen molar-refractivity contribution in [1.82, 2.24) is 4.57 Å². The van der Waals surface area contributed by atoms with Crippen molar-refractivity contribution in [2.24, 2.45) is 5.73 Å². The van der Waals surface area contributed by atoms with Crippen LogP contribution in [0.4, 0.5) is 0 Å². The van der Waals surface area contributed by atoms with Crippen LogP contribution in [0.1, 0.15) is 17.0 Å². The van der Waals surface area contributed by atoms with Crippen LogP contribution >= 0.6 is 23.2 Å². The van der Waals surface area contributed by atoms with Gasteiger partial charge in [-0.1, -0.05) is 59.6 Å². The Morgan fingerprint density at radius 2 is 1.56 bits per heavy atom. The van der Waals surface area contributed by atoms with Crippen molar-refractivity contribution in [3.05, 3.63) is 116 Å². The molecule has 1 aromatic heterocycles. The summed E-state index contributed by atoms with van der Waals surface area (Å²) in [6.45, 7) is 0. The molecule has 1 atom stereocenters. The van der Waals surface area contributed by atoms with Gasteiger partial charge in [-0.3, -0.25) is 9.36 Å². The number of rotatable bonds is 2. The zero-order valence-corrected chi connectivity index (χ0v) is 18.1. The second kappa shape index (κ2) is 7.76. The Labute approximate surface area is 193 Å². The van der Waals surface area contributed by atoms with E-state index < -0.39 is 5.92 Å². The first-order valence-electron chi connectivity index (χ1n) is 9.77. The van der Waals surface area contributed by atoms with Crippen LogP contribution in [0, 0.1) is 11.3 Å². The first kappa shape index (κ1) is 20.2. The first-order valence-corrected chi connectivity index (χ1v) is 10.5. The average molecular weight is 460 g/mol. The molecular weight excluding hydrogens is 445 g/mol. The largest absolute Gasteiger partial charge is 0.439 e. The number of hydrogen-bond donors (Lipinski definition) is 1. The maximum absolute atomic E-state index is 14.0. The summed E-state index contributed by atoms with van der Waals surface area (Å²) in [6, 6.07) is 23.8. The van der Waals surface area contributed by atoms with Crippen molar-refractivity contribution >= 4 is 34.1 Å². The number of nitrogens with two attached hydrogens (primary N) is 1. The molecule has 0 saturated heterocycles. The van der Waals surface area contributed by atoms with E-state index in [0.717, 1.165) is 0 Å². The smallest absolute Gasteiger partial charge is 0.263 e. The Hall–Kier alpha value is -3.72. The maximum atomic E-state index is 14.0. The Balaban J connectivity index is 1.97. The van der Waals surface area contributed by atoms with E-state index in [4.69, 9.17) is 33.7 Å². The third kappa shape index (κ3) is 2.96. The van der Waals surface area contributed by atoms with E-state index in [1.165, 1.54) is 0 Å². The third-order valence-electron chi connectivity index (χ3n) is 5.55. The predicted octanol–water partition coefficient (Wildman–Crippen LogP) is 5.52. The molecule has 5 nitrogen and oxygen atoms in total. The average Bonchev–Trinajstić information content (AvgIpc) is 2.79. The van der Waals surface area contributed by atoms with Crippen molar-refractivity contribution < 1.29 is 4.74 Å². The van der Waals surface area contributed by atoms with Gasteiger partial charge in [0.2, 0.25) is 5.88 Å². The summed E-state index contributed by atoms with van der Waals surface area (Å²) < 4.78 is 7.49. The molecule has 1 unspecified atom stereocenters. The summed E-state index contributed by atoms with van der Waals surface area (Å²) in [4.78, 5) is 14.0. The monoisotopic (exact) mass is 459 g/mol. The molecule has 156 valence electrons. The number of nitrogens with zero attached hydrogens (tertiary/aromatic N) is 2. The lowest BCUT2D eigenvalue weighted by Gasteiger charge is -2.29. The number of pyridine rings is 1. The van der Waals surface area contributed by atoms with Gasteiger partial charge in [-0.2, -0.15) is 5.26 Å². The van der Waals surface area contributed by atoms with Crippen molar-refractivity contribution in [2.75, 3.05) is 0 Å². The van der Waals surface area contributed by atoms with E-state index in [1.54, 1.807) is 22.8 Å². The Morgan fingerprint density at radius 3 is 2.25 bits per heavy atom. The van der Waals surface area contributed by atoms with Crippen molar-refractivity contribution in [1.29, 1.82) is 5.26 Å². The molecule has 0 spiro atoms. The summed E-state index contributed by atoms with van der Waals surface area (Å²) in [6.07, 6.45) is 0. The molecule has 2 heterocycles. The lowest BCUT2D eigenvalue weighted by Crippen LogP contribution is -2.31. The third-order valence-corrected chi connectivity index (χ3v) is 6.20. The number of benzene rings is 3. The van der Waals surface area contributed by atoms with Crippen LogP contribution in [-0.4, -0.2) is 4.57 Å². The van der Waals surface area contributed by atoms with Crippen LogP contribution < -0.4 is 16.0 Å². The summed E-state index contributed by atoms with van der Waals surface area (Å²) >= 11 is 13.0. The molecule has 0 saturated carbocycles. The number of halogens is 2. The van der Waals surface area contributed by atoms with Crippen LogP contribution in [0.5, 0.6) is 5.75 Å². The molecule has 1 aliphatic rings. The van der Waals surface area contributed by atoms with E-state index in [9.17, 15) is 10.1 Å². The van der Waals surface area contributed by atoms with Crippen LogP contribution in [0.2, 0.25) is 10.0 Å². The second-order valence-electron chi connectivity index (χ2n) is 7.30. The minimum atomic E-state index is -0.878. The van der Waals surface area contributed by atoms with E-state index in [-0.39, 0.29) is 22.6 Å². The van der Waals surface area contributed by atoms with E-state index in [1.807, 2.05) is 54.6 Å². The van der Waals surface area contributed by atoms with Gasteiger partial charge in [0.1, 0.15) is 17.4 Å². The van der Waals surface area contributed by atoms with Crippen molar-refractivity contribution in [2.45, 2.75) is 5.92 Å². The predicted molar refractivity (Wildman–Crippen MR) is 125 cm³/mol. The second-order valence-corrected chi connectivity index (χ2v) is 8.11. The Morgan fingerprint density at radius 1 is 0.906 bits per heavy atom. The summed E-state index contributed by atoms with van der Waals surface area (Å²) in [5.74, 6) is -0.657. The molecule has 4 aromatic rings. The molecule has 1 aliphatic heterocycles. The number of allylic oxidation sites excluding steroid dienone is 1. The highest BCUT2D eigenvalue weighted by molar-refractivity contribution is 6.36. The van der Waals surface area contributed by atoms with Gasteiger partial charge in [0.25, 0.3) is 5.56 Å². The van der Waals surface area contributed by atoms with E-state index in [2.05, 4.69) is 6.07 Å². The summed E-state index contributed by atoms with van der Waals surface area (Å²) in [7, 11) is 0. The molecule has 32 heavy (non-hydrogen) atoms. The number of fused-ring (bicyclic) bond motifs is 3. The van der Waals surface area contributed by atoms with Gasteiger partial charge < -0.3 is 10.5 Å². The zero-order valence-electron chi connectivity index (χ0n) is 16.5. The van der Waals surface area contributed by atoms with Crippen LogP contribution in [-0.2, 0) is 0 Å². The Bertz CT molecular complexity index is 1500. The molecule has 0 bridgehead atoms. The van der Waals surface area contributed by atoms with Crippen LogP contribution in [0.25, 0.3) is 16.6 Å². The fourth-order valence-electron chi connectivity index (χ4n) is 4.18. The molecule has 3 aromatic carbocycles. The molecule has 0 aliphatic carbocycles. The number of aromatic nitrogens is 1. The normalized spacial score (nSPS) is 15.2. The van der Waals surface area contributed by atoms with Gasteiger partial charge in [0, 0.05) is 26.7 Å². The molecule has 0 fully saturated rings. The fraction of sp³-hybridized carbons (Fsp3) is 0.0400. The van der Waals surface area contributed by atoms with Gasteiger partial charge in [-0.15, -0.1) is 0 Å². The number of hydrogen-bond acceptors (Lipinski definition) is 4. The maximum Gasteiger partial charge on any atom is 0.263 e. The molecule has 0 amide bonds. The molecule has 7 heteroatoms. The summed E-state index contributed by atoms with van der Waals surface area (Å²) in [5, 5.41) is 11.3. The van der Waals surface area contributed by atoms with Gasteiger partial charge in [0.15, 0.2) is 0 Å². The van der Waals surface area contributed by atoms with Crippen molar-refractivity contribution in [3.63, 3.8) is 0 Å². The zero-order chi connectivity index (χ0) is 22.4. The quantitative estimate of drug-likeness (QED) is 0.428. The highest BCUT2D eigenvalue weighted by Crippen LogP contribution is 2.47. The number of ether oxygens (including phenoxy) is 1. The van der Waals surface area contributed by atoms with Gasteiger partial charge in [-0.05, 0) is 36.4 Å². The van der Waals surface area contributed by atoms with Crippen molar-refractivity contribution in [3.8, 4) is 17.5 Å². The molecule has 2 N–H and O–H groups in total. The molecular formula is C25H15Cl2N3O2. The van der Waals surface area contributed by atoms with Crippen LogP contribution in [0.15, 0.2) is 89.0 Å². The van der Waals surface area contributed by atoms with Gasteiger partial charge >= 0.3 is 0 Å². The standard InChI is InChI=1S/C25H15Cl2N3O2/c26-17-10-6-11-18(27)21(17)20-16(13-28)24(29)32-23-15-9-4-5-12-19(15)30(25(31)22(20)23)14-7-2-1-3-8-14/h1-12,20H,29H2. The van der Waals surface area contributed by atoms with Gasteiger partial charge in [-0.25, -0.2) is 0 Å². The summed E-state index contributed by atoms with van der Waals surface area (Å²) in [5.41, 5.74) is 7.93. The lowest BCUT2D eigenvalue weighted by atomic mass is 9.83. The molecule has 5 rings (SSSR count). The molecule has 0 radical (unpaired) electrons. The number of para-hydroxylation sites is 2. The van der Waals surface area contributed by atoms with E-state index in [0.29, 0.717) is 37.9 Å². The van der Waals surface area contributed by atoms with Crippen LogP contribution in [0.3, 0.4) is 0 Å². The minimum absolute atomic E-state index is 0.0806. The lowest BCUT2D eigenvalue weighted by molar-refractivity contribution is 0.396. The highest BCUT2D eigenvalue weighted by Gasteiger charge is 2.37. The van der Waals surface area contributed by atoms with E-state index >= 15 is 0 Å². The topological polar surface area (TPSA) is 81.0 Å². The van der Waals surface area contributed by atoms with Gasteiger partial charge in [0.05, 0.1) is 17.0 Å². The first-order chi connectivity index (χ1) is 15.5. The highest BCUT2D eigenvalue weighted by atomic mass is 35.5. The SMILES string of the molecule is N#CC1=C(N)Oc2c(c(=O)n(-c3ccccc3)c3ccccc23)C1c1c(Cl)cccc1Cl. The fourth-order valence-corrected chi connectivity index (χ4v) is 4.79. The minimum Gasteiger partial charge on any atom is -0.439 e.